The molecule has 2 rings (SSSR count). The van der Waals surface area contributed by atoms with E-state index in [1.165, 1.54) is 32.1 Å². The van der Waals surface area contributed by atoms with E-state index in [2.05, 4.69) is 24.2 Å². The van der Waals surface area contributed by atoms with Crippen molar-refractivity contribution in [3.05, 3.63) is 24.3 Å². The van der Waals surface area contributed by atoms with Gasteiger partial charge < -0.3 is 10.1 Å². The third-order valence-corrected chi connectivity index (χ3v) is 4.18. The predicted octanol–water partition coefficient (Wildman–Crippen LogP) is 3.68. The predicted molar refractivity (Wildman–Crippen MR) is 90.4 cm³/mol. The highest BCUT2D eigenvalue weighted by Crippen LogP contribution is 2.22. The van der Waals surface area contributed by atoms with Crippen molar-refractivity contribution in [2.24, 2.45) is 0 Å². The minimum Gasteiger partial charge on any atom is -0.494 e. The number of amides is 1. The Kier molecular flexibility index (Phi) is 6.72. The second-order valence-electron chi connectivity index (χ2n) is 6.13. The Balaban J connectivity index is 1.83. The number of carbonyl (C=O) groups excluding carboxylic acids is 1. The van der Waals surface area contributed by atoms with Gasteiger partial charge in [-0.3, -0.25) is 9.69 Å². The number of likely N-dealkylation sites (N-methyl/N-ethyl adjacent to an activating group) is 1. The molecule has 1 aliphatic rings. The van der Waals surface area contributed by atoms with E-state index in [1.807, 2.05) is 24.3 Å². The lowest BCUT2D eigenvalue weighted by molar-refractivity contribution is -0.117. The summed E-state index contributed by atoms with van der Waals surface area (Å²) in [5.41, 5.74) is 0.802. The molecule has 1 fully saturated rings. The van der Waals surface area contributed by atoms with Gasteiger partial charge in [-0.05, 0) is 38.4 Å². The van der Waals surface area contributed by atoms with E-state index in [0.29, 0.717) is 19.2 Å². The number of benzene rings is 1. The van der Waals surface area contributed by atoms with Gasteiger partial charge in [0.05, 0.1) is 13.2 Å². The molecular formula is C18H28N2O2. The van der Waals surface area contributed by atoms with Crippen LogP contribution in [0.3, 0.4) is 0 Å². The van der Waals surface area contributed by atoms with Gasteiger partial charge in [-0.1, -0.05) is 32.3 Å². The van der Waals surface area contributed by atoms with E-state index in [9.17, 15) is 4.79 Å². The molecule has 0 radical (unpaired) electrons. The van der Waals surface area contributed by atoms with Gasteiger partial charge in [-0.2, -0.15) is 0 Å². The summed E-state index contributed by atoms with van der Waals surface area (Å²) in [5.74, 6) is 0.848. The number of nitrogens with zero attached hydrogens (tertiary/aromatic N) is 1. The van der Waals surface area contributed by atoms with Gasteiger partial charge in [0.2, 0.25) is 5.91 Å². The molecule has 1 aromatic rings. The number of nitrogens with one attached hydrogen (secondary N) is 1. The normalized spacial score (nSPS) is 15.8. The zero-order valence-corrected chi connectivity index (χ0v) is 13.8. The van der Waals surface area contributed by atoms with Gasteiger partial charge >= 0.3 is 0 Å². The second-order valence-corrected chi connectivity index (χ2v) is 6.13. The van der Waals surface area contributed by atoms with Gasteiger partial charge in [-0.15, -0.1) is 0 Å². The summed E-state index contributed by atoms with van der Waals surface area (Å²) in [4.78, 5) is 14.4. The Labute approximate surface area is 133 Å². The molecule has 22 heavy (non-hydrogen) atoms. The van der Waals surface area contributed by atoms with Crippen LogP contribution >= 0.6 is 0 Å². The van der Waals surface area contributed by atoms with Gasteiger partial charge in [0.15, 0.2) is 0 Å². The summed E-state index contributed by atoms with van der Waals surface area (Å²) in [6, 6.07) is 8.16. The van der Waals surface area contributed by atoms with Crippen LogP contribution in [0.5, 0.6) is 5.75 Å². The smallest absolute Gasteiger partial charge is 0.238 e. The number of hydrogen-bond acceptors (Lipinski definition) is 3. The lowest BCUT2D eigenvalue weighted by Gasteiger charge is -2.30. The zero-order chi connectivity index (χ0) is 15.8. The van der Waals surface area contributed by atoms with Gasteiger partial charge in [0, 0.05) is 17.8 Å². The number of hydrogen-bond donors (Lipinski definition) is 1. The summed E-state index contributed by atoms with van der Waals surface area (Å²) >= 11 is 0. The molecule has 0 saturated heterocycles. The molecule has 1 aromatic carbocycles. The fourth-order valence-corrected chi connectivity index (χ4v) is 2.96. The molecule has 1 amide bonds. The third kappa shape index (κ3) is 5.34. The molecule has 0 bridgehead atoms. The minimum atomic E-state index is 0.0423. The average molecular weight is 304 g/mol. The van der Waals surface area contributed by atoms with Crippen molar-refractivity contribution in [3.63, 3.8) is 0 Å². The highest BCUT2D eigenvalue weighted by atomic mass is 16.5. The Morgan fingerprint density at radius 2 is 2.09 bits per heavy atom. The van der Waals surface area contributed by atoms with E-state index >= 15 is 0 Å². The van der Waals surface area contributed by atoms with E-state index in [4.69, 9.17) is 4.74 Å². The summed E-state index contributed by atoms with van der Waals surface area (Å²) in [7, 11) is 2.05. The molecule has 0 heterocycles. The standard InChI is InChI=1S/C18H28N2O2/c1-3-12-22-17-11-7-8-15(13-17)19-18(21)14-20(2)16-9-5-4-6-10-16/h7-8,11,13,16H,3-6,9-10,12,14H2,1-2H3,(H,19,21). The monoisotopic (exact) mass is 304 g/mol. The fraction of sp³-hybridized carbons (Fsp3) is 0.611. The van der Waals surface area contributed by atoms with Crippen molar-refractivity contribution in [1.82, 2.24) is 4.90 Å². The Morgan fingerprint density at radius 3 is 2.82 bits per heavy atom. The zero-order valence-electron chi connectivity index (χ0n) is 13.8. The van der Waals surface area contributed by atoms with Crippen molar-refractivity contribution in [2.75, 3.05) is 25.5 Å². The minimum absolute atomic E-state index is 0.0423. The molecule has 122 valence electrons. The van der Waals surface area contributed by atoms with E-state index in [0.717, 1.165) is 17.9 Å². The maximum absolute atomic E-state index is 12.2. The topological polar surface area (TPSA) is 41.6 Å². The molecule has 0 aromatic heterocycles. The van der Waals surface area contributed by atoms with E-state index < -0.39 is 0 Å². The van der Waals surface area contributed by atoms with Crippen LogP contribution in [0.4, 0.5) is 5.69 Å². The van der Waals surface area contributed by atoms with E-state index in [-0.39, 0.29) is 5.91 Å². The molecule has 4 nitrogen and oxygen atoms in total. The molecule has 0 spiro atoms. The average Bonchev–Trinajstić information content (AvgIpc) is 2.54. The first kappa shape index (κ1) is 16.8. The van der Waals surface area contributed by atoms with Crippen LogP contribution in [0.1, 0.15) is 45.4 Å². The molecule has 4 heteroatoms. The Hall–Kier alpha value is -1.55. The van der Waals surface area contributed by atoms with Crippen molar-refractivity contribution in [3.8, 4) is 5.75 Å². The van der Waals surface area contributed by atoms with Crippen molar-refractivity contribution >= 4 is 11.6 Å². The number of rotatable bonds is 7. The van der Waals surface area contributed by atoms with Crippen LogP contribution in [-0.2, 0) is 4.79 Å². The number of carbonyl (C=O) groups is 1. The number of anilines is 1. The molecule has 0 unspecified atom stereocenters. The quantitative estimate of drug-likeness (QED) is 0.835. The van der Waals surface area contributed by atoms with Gasteiger partial charge in [-0.25, -0.2) is 0 Å². The molecule has 0 atom stereocenters. The van der Waals surface area contributed by atoms with Crippen LogP contribution in [-0.4, -0.2) is 37.0 Å². The summed E-state index contributed by atoms with van der Waals surface area (Å²) in [6.45, 7) is 3.22. The largest absolute Gasteiger partial charge is 0.494 e. The van der Waals surface area contributed by atoms with Crippen LogP contribution < -0.4 is 10.1 Å². The van der Waals surface area contributed by atoms with Crippen molar-refractivity contribution < 1.29 is 9.53 Å². The summed E-state index contributed by atoms with van der Waals surface area (Å²) < 4.78 is 5.59. The molecule has 1 aliphatic carbocycles. The SMILES string of the molecule is CCCOc1cccc(NC(=O)CN(C)C2CCCCC2)c1. The molecule has 0 aliphatic heterocycles. The van der Waals surface area contributed by atoms with Crippen molar-refractivity contribution in [1.29, 1.82) is 0 Å². The highest BCUT2D eigenvalue weighted by molar-refractivity contribution is 5.92. The van der Waals surface area contributed by atoms with Gasteiger partial charge in [0.25, 0.3) is 0 Å². The third-order valence-electron chi connectivity index (χ3n) is 4.18. The second kappa shape index (κ2) is 8.79. The molecular weight excluding hydrogens is 276 g/mol. The van der Waals surface area contributed by atoms with Gasteiger partial charge in [0.1, 0.15) is 5.75 Å². The molecule has 1 saturated carbocycles. The van der Waals surface area contributed by atoms with E-state index in [1.54, 1.807) is 0 Å². The first-order valence-corrected chi connectivity index (χ1v) is 8.42. The van der Waals surface area contributed by atoms with Crippen molar-refractivity contribution in [2.45, 2.75) is 51.5 Å². The van der Waals surface area contributed by atoms with Crippen LogP contribution in [0.2, 0.25) is 0 Å². The first-order chi connectivity index (χ1) is 10.7. The maximum atomic E-state index is 12.2. The van der Waals surface area contributed by atoms with Crippen LogP contribution in [0.25, 0.3) is 0 Å². The first-order valence-electron chi connectivity index (χ1n) is 8.42. The maximum Gasteiger partial charge on any atom is 0.238 e. The lowest BCUT2D eigenvalue weighted by Crippen LogP contribution is -2.39. The Bertz CT molecular complexity index is 470. The number of ether oxygens (including phenoxy) is 1. The molecule has 1 N–H and O–H groups in total. The fourth-order valence-electron chi connectivity index (χ4n) is 2.96. The van der Waals surface area contributed by atoms with Crippen LogP contribution in [0, 0.1) is 0 Å². The van der Waals surface area contributed by atoms with Crippen LogP contribution in [0.15, 0.2) is 24.3 Å². The lowest BCUT2D eigenvalue weighted by atomic mass is 9.94. The Morgan fingerprint density at radius 1 is 1.32 bits per heavy atom. The summed E-state index contributed by atoms with van der Waals surface area (Å²) in [5, 5.41) is 2.97. The summed E-state index contributed by atoms with van der Waals surface area (Å²) in [6.07, 6.45) is 7.30. The highest BCUT2D eigenvalue weighted by Gasteiger charge is 2.19.